The number of hydrogen-bond acceptors (Lipinski definition) is 4. The topological polar surface area (TPSA) is 42.4 Å². The van der Waals surface area contributed by atoms with E-state index in [1.54, 1.807) is 6.07 Å². The van der Waals surface area contributed by atoms with E-state index >= 15 is 0 Å². The second-order valence-corrected chi connectivity index (χ2v) is 8.55. The number of anilines is 1. The van der Waals surface area contributed by atoms with Crippen molar-refractivity contribution in [1.82, 2.24) is 4.98 Å². The zero-order valence-electron chi connectivity index (χ0n) is 16.0. The molecule has 1 fully saturated rings. The van der Waals surface area contributed by atoms with Crippen LogP contribution in [-0.2, 0) is 10.9 Å². The highest BCUT2D eigenvalue weighted by molar-refractivity contribution is 7.23. The summed E-state index contributed by atoms with van der Waals surface area (Å²) in [5.41, 5.74) is 0.992. The monoisotopic (exact) mass is 454 g/mol. The summed E-state index contributed by atoms with van der Waals surface area (Å²) >= 11 is 7.60. The molecule has 4 nitrogen and oxygen atoms in total. The molecule has 2 aromatic carbocycles. The summed E-state index contributed by atoms with van der Waals surface area (Å²) in [6, 6.07) is 7.85. The summed E-state index contributed by atoms with van der Waals surface area (Å²) in [6.07, 6.45) is -2.90. The van der Waals surface area contributed by atoms with Gasteiger partial charge in [0.05, 0.1) is 33.5 Å². The van der Waals surface area contributed by atoms with Crippen LogP contribution >= 0.6 is 22.9 Å². The molecule has 4 rings (SSSR count). The number of amides is 1. The highest BCUT2D eigenvalue weighted by atomic mass is 35.5. The van der Waals surface area contributed by atoms with Gasteiger partial charge in [-0.15, -0.1) is 0 Å². The Kier molecular flexibility index (Phi) is 5.74. The van der Waals surface area contributed by atoms with Crippen LogP contribution < -0.4 is 4.90 Å². The summed E-state index contributed by atoms with van der Waals surface area (Å²) in [5.74, 6) is -0.424. The minimum atomic E-state index is -4.46. The normalized spacial score (nSPS) is 16.9. The van der Waals surface area contributed by atoms with Gasteiger partial charge in [-0.3, -0.25) is 9.69 Å². The van der Waals surface area contributed by atoms with Gasteiger partial charge < -0.3 is 4.74 Å². The smallest absolute Gasteiger partial charge is 0.376 e. The van der Waals surface area contributed by atoms with Gasteiger partial charge in [0.2, 0.25) is 0 Å². The van der Waals surface area contributed by atoms with Crippen LogP contribution in [0.3, 0.4) is 0 Å². The number of ether oxygens (including phenoxy) is 1. The predicted molar refractivity (Wildman–Crippen MR) is 111 cm³/mol. The quantitative estimate of drug-likeness (QED) is 0.478. The molecule has 3 aromatic rings. The van der Waals surface area contributed by atoms with Gasteiger partial charge in [-0.2, -0.15) is 13.2 Å². The first-order chi connectivity index (χ1) is 14.2. The van der Waals surface area contributed by atoms with Gasteiger partial charge in [0.15, 0.2) is 5.13 Å². The molecule has 0 N–H and O–H groups in total. The van der Waals surface area contributed by atoms with Gasteiger partial charge in [-0.1, -0.05) is 29.0 Å². The predicted octanol–water partition coefficient (Wildman–Crippen LogP) is 6.10. The van der Waals surface area contributed by atoms with Crippen LogP contribution in [0.15, 0.2) is 36.4 Å². The lowest BCUT2D eigenvalue weighted by atomic mass is 10.1. The van der Waals surface area contributed by atoms with Gasteiger partial charge in [-0.05, 0) is 55.7 Å². The fourth-order valence-electron chi connectivity index (χ4n) is 3.40. The third-order valence-corrected chi connectivity index (χ3v) is 6.57. The molecule has 1 unspecified atom stereocenters. The van der Waals surface area contributed by atoms with E-state index in [0.717, 1.165) is 35.2 Å². The largest absolute Gasteiger partial charge is 0.416 e. The number of hydrogen-bond donors (Lipinski definition) is 0. The number of nitrogens with zero attached hydrogens (tertiary/aromatic N) is 2. The van der Waals surface area contributed by atoms with Crippen LogP contribution in [0.5, 0.6) is 0 Å². The Hall–Kier alpha value is -2.16. The molecule has 0 bridgehead atoms. The summed E-state index contributed by atoms with van der Waals surface area (Å²) in [5, 5.41) is 0.986. The van der Waals surface area contributed by atoms with Crippen molar-refractivity contribution < 1.29 is 22.7 Å². The van der Waals surface area contributed by atoms with Crippen LogP contribution in [0.25, 0.3) is 10.2 Å². The Morgan fingerprint density at radius 1 is 1.27 bits per heavy atom. The highest BCUT2D eigenvalue weighted by Crippen LogP contribution is 2.37. The van der Waals surface area contributed by atoms with Crippen molar-refractivity contribution in [2.45, 2.75) is 32.0 Å². The number of benzene rings is 2. The van der Waals surface area contributed by atoms with E-state index in [9.17, 15) is 18.0 Å². The lowest BCUT2D eigenvalue weighted by molar-refractivity contribution is -0.137. The standard InChI is InChI=1S/C21H18ClF3N2O2S/c1-12-4-9-16(22)18-17(12)26-20(30-18)27(11-15-3-2-10-29-15)19(28)13-5-7-14(8-6-13)21(23,24)25/h4-9,15H,2-3,10-11H2,1H3. The van der Waals surface area contributed by atoms with Crippen LogP contribution in [-0.4, -0.2) is 30.1 Å². The van der Waals surface area contributed by atoms with Crippen molar-refractivity contribution in [2.24, 2.45) is 0 Å². The number of fused-ring (bicyclic) bond motifs is 1. The third-order valence-electron chi connectivity index (χ3n) is 5.03. The highest BCUT2D eigenvalue weighted by Gasteiger charge is 2.31. The van der Waals surface area contributed by atoms with Gasteiger partial charge in [0.1, 0.15) is 0 Å². The lowest BCUT2D eigenvalue weighted by Crippen LogP contribution is -2.37. The Labute approximate surface area is 180 Å². The summed E-state index contributed by atoms with van der Waals surface area (Å²) < 4.78 is 45.1. The molecular formula is C21H18ClF3N2O2S. The average Bonchev–Trinajstić information content (AvgIpc) is 3.38. The van der Waals surface area contributed by atoms with Crippen LogP contribution in [0, 0.1) is 6.92 Å². The minimum Gasteiger partial charge on any atom is -0.376 e. The number of rotatable bonds is 4. The molecule has 1 atom stereocenters. The first-order valence-electron chi connectivity index (χ1n) is 9.40. The van der Waals surface area contributed by atoms with E-state index in [1.165, 1.54) is 28.4 Å². The van der Waals surface area contributed by atoms with E-state index in [0.29, 0.717) is 22.3 Å². The van der Waals surface area contributed by atoms with Crippen LogP contribution in [0.2, 0.25) is 5.02 Å². The molecule has 0 spiro atoms. The van der Waals surface area contributed by atoms with Gasteiger partial charge in [-0.25, -0.2) is 4.98 Å². The number of thiazole rings is 1. The average molecular weight is 455 g/mol. The maximum absolute atomic E-state index is 13.3. The molecule has 1 saturated heterocycles. The molecule has 1 aliphatic rings. The van der Waals surface area contributed by atoms with E-state index in [4.69, 9.17) is 16.3 Å². The second-order valence-electron chi connectivity index (χ2n) is 7.16. The molecular weight excluding hydrogens is 437 g/mol. The van der Waals surface area contributed by atoms with Gasteiger partial charge >= 0.3 is 6.18 Å². The van der Waals surface area contributed by atoms with Crippen molar-refractivity contribution in [1.29, 1.82) is 0 Å². The number of carbonyl (C=O) groups is 1. The van der Waals surface area contributed by atoms with Gasteiger partial charge in [0.25, 0.3) is 5.91 Å². The molecule has 1 amide bonds. The van der Waals surface area contributed by atoms with E-state index in [-0.39, 0.29) is 18.2 Å². The van der Waals surface area contributed by atoms with Crippen molar-refractivity contribution in [2.75, 3.05) is 18.1 Å². The number of alkyl halides is 3. The SMILES string of the molecule is Cc1ccc(Cl)c2sc(N(CC3CCCO3)C(=O)c3ccc(C(F)(F)F)cc3)nc12. The zero-order chi connectivity index (χ0) is 21.5. The summed E-state index contributed by atoms with van der Waals surface area (Å²) in [7, 11) is 0. The Morgan fingerprint density at radius 2 is 2.00 bits per heavy atom. The lowest BCUT2D eigenvalue weighted by Gasteiger charge is -2.23. The van der Waals surface area contributed by atoms with Gasteiger partial charge in [0, 0.05) is 12.2 Å². The van der Waals surface area contributed by atoms with Crippen LogP contribution in [0.4, 0.5) is 18.3 Å². The van der Waals surface area contributed by atoms with Crippen molar-refractivity contribution in [3.63, 3.8) is 0 Å². The first-order valence-corrected chi connectivity index (χ1v) is 10.6. The molecule has 9 heteroatoms. The Bertz CT molecular complexity index is 1040. The number of aryl methyl sites for hydroxylation is 1. The van der Waals surface area contributed by atoms with Crippen molar-refractivity contribution >= 4 is 44.2 Å². The Balaban J connectivity index is 1.72. The fraction of sp³-hybridized carbons (Fsp3) is 0.333. The second kappa shape index (κ2) is 8.17. The van der Waals surface area contributed by atoms with E-state index in [1.807, 2.05) is 13.0 Å². The fourth-order valence-corrected chi connectivity index (χ4v) is 4.73. The third kappa shape index (κ3) is 4.17. The summed E-state index contributed by atoms with van der Waals surface area (Å²) in [6.45, 7) is 2.80. The molecule has 0 saturated carbocycles. The number of halogens is 4. The van der Waals surface area contributed by atoms with E-state index in [2.05, 4.69) is 4.98 Å². The molecule has 1 aromatic heterocycles. The summed E-state index contributed by atoms with van der Waals surface area (Å²) in [4.78, 5) is 19.4. The maximum atomic E-state index is 13.3. The molecule has 158 valence electrons. The minimum absolute atomic E-state index is 0.146. The molecule has 30 heavy (non-hydrogen) atoms. The Morgan fingerprint density at radius 3 is 2.60 bits per heavy atom. The number of aromatic nitrogens is 1. The molecule has 0 radical (unpaired) electrons. The molecule has 1 aliphatic heterocycles. The molecule has 0 aliphatic carbocycles. The maximum Gasteiger partial charge on any atom is 0.416 e. The number of carbonyl (C=O) groups excluding carboxylic acids is 1. The van der Waals surface area contributed by atoms with Crippen LogP contribution in [0.1, 0.15) is 34.3 Å². The van der Waals surface area contributed by atoms with Crippen molar-refractivity contribution in [3.8, 4) is 0 Å². The zero-order valence-corrected chi connectivity index (χ0v) is 17.6. The molecule has 2 heterocycles. The van der Waals surface area contributed by atoms with E-state index < -0.39 is 17.6 Å². The first kappa shape index (κ1) is 21.1. The van der Waals surface area contributed by atoms with Crippen molar-refractivity contribution in [3.05, 3.63) is 58.1 Å².